The number of halogens is 1. The molecule has 0 saturated carbocycles. The Balaban J connectivity index is 1.56. The number of hydrogen-bond donors (Lipinski definition) is 2. The van der Waals surface area contributed by atoms with Gasteiger partial charge in [0.1, 0.15) is 5.82 Å². The Morgan fingerprint density at radius 3 is 2.57 bits per heavy atom. The van der Waals surface area contributed by atoms with E-state index in [0.717, 1.165) is 54.0 Å². The van der Waals surface area contributed by atoms with Crippen molar-refractivity contribution >= 4 is 17.4 Å². The van der Waals surface area contributed by atoms with Gasteiger partial charge in [-0.05, 0) is 73.8 Å². The summed E-state index contributed by atoms with van der Waals surface area (Å²) < 4.78 is 20.8. The quantitative estimate of drug-likeness (QED) is 0.493. The van der Waals surface area contributed by atoms with Gasteiger partial charge in [0.15, 0.2) is 0 Å². The van der Waals surface area contributed by atoms with Gasteiger partial charge in [-0.3, -0.25) is 9.69 Å². The number of ether oxygens (including phenoxy) is 1. The van der Waals surface area contributed by atoms with E-state index in [2.05, 4.69) is 53.1 Å². The second-order valence-electron chi connectivity index (χ2n) is 10.1. The van der Waals surface area contributed by atoms with Gasteiger partial charge in [-0.15, -0.1) is 0 Å². The Labute approximate surface area is 217 Å². The molecule has 3 aromatic rings. The number of nitrogens with zero attached hydrogens (tertiary/aromatic N) is 3. The first-order valence-electron chi connectivity index (χ1n) is 12.9. The van der Waals surface area contributed by atoms with Gasteiger partial charge in [-0.25, -0.2) is 4.98 Å². The molecule has 2 aromatic carbocycles. The number of nitrogens with two attached hydrogens (primary N) is 1. The normalized spacial score (nSPS) is 15.7. The molecule has 1 aromatic heterocycles. The molecule has 0 aliphatic carbocycles. The summed E-state index contributed by atoms with van der Waals surface area (Å²) in [4.78, 5) is 20.9. The van der Waals surface area contributed by atoms with E-state index in [-0.39, 0.29) is 11.7 Å². The van der Waals surface area contributed by atoms with Crippen LogP contribution in [0.3, 0.4) is 0 Å². The Kier molecular flexibility index (Phi) is 7.13. The van der Waals surface area contributed by atoms with Gasteiger partial charge in [-0.1, -0.05) is 18.2 Å². The lowest BCUT2D eigenvalue weighted by molar-refractivity contribution is 0.0946. The van der Waals surface area contributed by atoms with Crippen LogP contribution in [-0.2, 0) is 17.7 Å². The summed E-state index contributed by atoms with van der Waals surface area (Å²) >= 11 is 0. The largest absolute Gasteiger partial charge is 0.383 e. The molecule has 0 radical (unpaired) electrons. The highest BCUT2D eigenvalue weighted by molar-refractivity contribution is 5.97. The van der Waals surface area contributed by atoms with E-state index in [4.69, 9.17) is 10.5 Å². The van der Waals surface area contributed by atoms with Crippen LogP contribution >= 0.6 is 0 Å². The number of hydrogen-bond acceptors (Lipinski definition) is 6. The molecule has 0 atom stereocenters. The van der Waals surface area contributed by atoms with Crippen LogP contribution in [0.1, 0.15) is 35.3 Å². The molecule has 5 rings (SSSR count). The van der Waals surface area contributed by atoms with Crippen LogP contribution in [0.2, 0.25) is 0 Å². The first kappa shape index (κ1) is 25.2. The van der Waals surface area contributed by atoms with Gasteiger partial charge in [-0.2, -0.15) is 4.39 Å². The third kappa shape index (κ3) is 5.17. The molecule has 1 saturated heterocycles. The summed E-state index contributed by atoms with van der Waals surface area (Å²) in [5, 5.41) is 2.86. The number of carbonyl (C=O) groups is 1. The first-order valence-corrected chi connectivity index (χ1v) is 12.9. The predicted molar refractivity (Wildman–Crippen MR) is 145 cm³/mol. The van der Waals surface area contributed by atoms with Gasteiger partial charge in [0.2, 0.25) is 5.95 Å². The van der Waals surface area contributed by atoms with E-state index in [0.29, 0.717) is 42.5 Å². The number of fused-ring (bicyclic) bond motifs is 1. The molecule has 0 unspecified atom stereocenters. The molecule has 0 spiro atoms. The lowest BCUT2D eigenvalue weighted by Crippen LogP contribution is -2.37. The lowest BCUT2D eigenvalue weighted by atomic mass is 9.93. The molecule has 3 heterocycles. The molecule has 3 N–H and O–H groups in total. The highest BCUT2D eigenvalue weighted by Crippen LogP contribution is 2.35. The Hall–Kier alpha value is -3.49. The second kappa shape index (κ2) is 10.5. The average molecular weight is 504 g/mol. The minimum absolute atomic E-state index is 0.0713. The summed E-state index contributed by atoms with van der Waals surface area (Å²) in [5.74, 6) is -0.537. The van der Waals surface area contributed by atoms with Crippen molar-refractivity contribution in [2.24, 2.45) is 0 Å². The van der Waals surface area contributed by atoms with Crippen LogP contribution in [0, 0.1) is 5.95 Å². The second-order valence-corrected chi connectivity index (χ2v) is 10.1. The maximum atomic E-state index is 15.3. The molecule has 8 heteroatoms. The van der Waals surface area contributed by atoms with Gasteiger partial charge in [0, 0.05) is 54.6 Å². The summed E-state index contributed by atoms with van der Waals surface area (Å²) in [6.45, 7) is 8.72. The van der Waals surface area contributed by atoms with E-state index in [1.54, 1.807) is 12.1 Å². The third-order valence-electron chi connectivity index (χ3n) is 7.39. The number of morpholine rings is 1. The minimum Gasteiger partial charge on any atom is -0.383 e. The van der Waals surface area contributed by atoms with Crippen LogP contribution in [0.15, 0.2) is 42.5 Å². The van der Waals surface area contributed by atoms with Gasteiger partial charge >= 0.3 is 0 Å². The number of anilines is 2. The SMILES string of the molecule is CC(C)N(C)Cc1cc(-c2cc(-c3ccc4c(c3)CCNC4=O)c(N)nc2F)ccc1N1CCOCC1. The van der Waals surface area contributed by atoms with Crippen LogP contribution in [-0.4, -0.2) is 61.7 Å². The zero-order valence-electron chi connectivity index (χ0n) is 21.7. The fourth-order valence-electron chi connectivity index (χ4n) is 4.98. The summed E-state index contributed by atoms with van der Waals surface area (Å²) in [7, 11) is 2.10. The van der Waals surface area contributed by atoms with Crippen molar-refractivity contribution in [3.8, 4) is 22.3 Å². The molecule has 0 bridgehead atoms. The number of benzene rings is 2. The van der Waals surface area contributed by atoms with Gasteiger partial charge in [0.05, 0.1) is 13.2 Å². The highest BCUT2D eigenvalue weighted by atomic mass is 19.1. The van der Waals surface area contributed by atoms with E-state index in [1.807, 2.05) is 18.2 Å². The standard InChI is InChI=1S/C29H34FN5O2/c1-18(2)34(3)17-22-15-19(5-7-26(22)35-10-12-37-13-11-35)24-16-25(28(31)33-27(24)30)20-4-6-23-21(14-20)8-9-32-29(23)36/h4-7,14-16,18H,8-13,17H2,1-3H3,(H2,31,33)(H,32,36). The number of carbonyl (C=O) groups excluding carboxylic acids is 1. The monoisotopic (exact) mass is 503 g/mol. The smallest absolute Gasteiger partial charge is 0.251 e. The van der Waals surface area contributed by atoms with E-state index >= 15 is 4.39 Å². The molecular formula is C29H34FN5O2. The summed E-state index contributed by atoms with van der Waals surface area (Å²) in [5.41, 5.74) is 12.7. The predicted octanol–water partition coefficient (Wildman–Crippen LogP) is 4.10. The maximum absolute atomic E-state index is 15.3. The Morgan fingerprint density at radius 1 is 1.08 bits per heavy atom. The number of pyridine rings is 1. The number of aromatic nitrogens is 1. The first-order chi connectivity index (χ1) is 17.8. The van der Waals surface area contributed by atoms with Crippen LogP contribution in [0.5, 0.6) is 0 Å². The summed E-state index contributed by atoms with van der Waals surface area (Å²) in [6, 6.07) is 13.9. The van der Waals surface area contributed by atoms with Crippen molar-refractivity contribution in [2.45, 2.75) is 32.9 Å². The van der Waals surface area contributed by atoms with E-state index in [1.165, 1.54) is 0 Å². The van der Waals surface area contributed by atoms with Crippen molar-refractivity contribution in [3.05, 3.63) is 65.1 Å². The molecule has 194 valence electrons. The minimum atomic E-state index is -0.596. The zero-order chi connectivity index (χ0) is 26.1. The van der Waals surface area contributed by atoms with E-state index < -0.39 is 5.95 Å². The number of rotatable bonds is 6. The van der Waals surface area contributed by atoms with Crippen molar-refractivity contribution in [2.75, 3.05) is 50.5 Å². The van der Waals surface area contributed by atoms with Crippen molar-refractivity contribution < 1.29 is 13.9 Å². The summed E-state index contributed by atoms with van der Waals surface area (Å²) in [6.07, 6.45) is 0.742. The third-order valence-corrected chi connectivity index (χ3v) is 7.39. The van der Waals surface area contributed by atoms with Crippen LogP contribution < -0.4 is 16.0 Å². The molecule has 1 fully saturated rings. The molecule has 2 aliphatic rings. The molecule has 7 nitrogen and oxygen atoms in total. The molecule has 37 heavy (non-hydrogen) atoms. The van der Waals surface area contributed by atoms with Gasteiger partial charge in [0.25, 0.3) is 5.91 Å². The number of nitrogens with one attached hydrogen (secondary N) is 1. The Bertz CT molecular complexity index is 1320. The fourth-order valence-corrected chi connectivity index (χ4v) is 4.98. The van der Waals surface area contributed by atoms with Crippen molar-refractivity contribution in [1.82, 2.24) is 15.2 Å². The maximum Gasteiger partial charge on any atom is 0.251 e. The number of amides is 1. The Morgan fingerprint density at radius 2 is 1.81 bits per heavy atom. The van der Waals surface area contributed by atoms with Gasteiger partial charge < -0.3 is 20.7 Å². The highest BCUT2D eigenvalue weighted by Gasteiger charge is 2.21. The molecular weight excluding hydrogens is 469 g/mol. The topological polar surface area (TPSA) is 83.7 Å². The van der Waals surface area contributed by atoms with Crippen LogP contribution in [0.4, 0.5) is 15.9 Å². The van der Waals surface area contributed by atoms with Crippen molar-refractivity contribution in [3.63, 3.8) is 0 Å². The van der Waals surface area contributed by atoms with Crippen molar-refractivity contribution in [1.29, 1.82) is 0 Å². The van der Waals surface area contributed by atoms with E-state index in [9.17, 15) is 4.79 Å². The lowest BCUT2D eigenvalue weighted by Gasteiger charge is -2.32. The number of nitrogen functional groups attached to an aromatic ring is 1. The molecule has 1 amide bonds. The van der Waals surface area contributed by atoms with Crippen LogP contribution in [0.25, 0.3) is 22.3 Å². The fraction of sp³-hybridized carbons (Fsp3) is 0.379. The molecule has 2 aliphatic heterocycles. The zero-order valence-corrected chi connectivity index (χ0v) is 21.7. The average Bonchev–Trinajstić information content (AvgIpc) is 2.89.